The van der Waals surface area contributed by atoms with E-state index in [0.29, 0.717) is 18.8 Å². The summed E-state index contributed by atoms with van der Waals surface area (Å²) in [6.07, 6.45) is 2.57. The Morgan fingerprint density at radius 3 is 2.64 bits per heavy atom. The Morgan fingerprint density at radius 1 is 1.00 bits per heavy atom. The molecule has 1 heterocycles. The van der Waals surface area contributed by atoms with Crippen LogP contribution in [0.2, 0.25) is 0 Å². The molecular weight excluding hydrogens is 314 g/mol. The zero-order valence-corrected chi connectivity index (χ0v) is 14.6. The number of carbonyl (C=O) groups is 1. The predicted molar refractivity (Wildman–Crippen MR) is 97.6 cm³/mol. The normalized spacial score (nSPS) is 16.0. The van der Waals surface area contributed by atoms with Crippen molar-refractivity contribution in [1.82, 2.24) is 4.90 Å². The van der Waals surface area contributed by atoms with Crippen molar-refractivity contribution in [3.63, 3.8) is 0 Å². The van der Waals surface area contributed by atoms with E-state index in [2.05, 4.69) is 4.90 Å². The van der Waals surface area contributed by atoms with Crippen LogP contribution in [-0.2, 0) is 0 Å². The van der Waals surface area contributed by atoms with Crippen LogP contribution in [0.3, 0.4) is 0 Å². The lowest BCUT2D eigenvalue weighted by Crippen LogP contribution is -2.25. The van der Waals surface area contributed by atoms with Crippen LogP contribution in [0.25, 0.3) is 11.1 Å². The second-order valence-corrected chi connectivity index (χ2v) is 6.55. The average Bonchev–Trinajstić information content (AvgIpc) is 3.23. The summed E-state index contributed by atoms with van der Waals surface area (Å²) in [5.41, 5.74) is 3.30. The van der Waals surface area contributed by atoms with Crippen molar-refractivity contribution in [2.24, 2.45) is 0 Å². The molecule has 0 atom stereocenters. The Kier molecular flexibility index (Phi) is 4.45. The van der Waals surface area contributed by atoms with Crippen LogP contribution in [0.4, 0.5) is 0 Å². The predicted octanol–water partition coefficient (Wildman–Crippen LogP) is 3.77. The van der Waals surface area contributed by atoms with Crippen molar-refractivity contribution in [2.75, 3.05) is 32.8 Å². The number of ketones is 1. The van der Waals surface area contributed by atoms with E-state index in [9.17, 15) is 4.79 Å². The van der Waals surface area contributed by atoms with Gasteiger partial charge in [-0.3, -0.25) is 9.69 Å². The van der Waals surface area contributed by atoms with Gasteiger partial charge in [-0.1, -0.05) is 12.1 Å². The Morgan fingerprint density at radius 2 is 1.84 bits per heavy atom. The molecular formula is C21H23NO3. The number of benzene rings is 2. The fraction of sp³-hybridized carbons (Fsp3) is 0.381. The molecule has 0 spiro atoms. The molecule has 1 saturated heterocycles. The highest BCUT2D eigenvalue weighted by molar-refractivity contribution is 6.22. The molecule has 0 aromatic heterocycles. The standard InChI is InChI=1S/C21H23NO3/c1-2-24-15-8-9-16-18(14-15)21(23)17-6-5-7-19(20(16)17)25-13-12-22-10-3-4-11-22/h5-9,14H,2-4,10-13H2,1H3. The molecule has 1 aliphatic carbocycles. The van der Waals surface area contributed by atoms with Crippen LogP contribution < -0.4 is 9.47 Å². The van der Waals surface area contributed by atoms with Gasteiger partial charge in [0.05, 0.1) is 6.61 Å². The minimum absolute atomic E-state index is 0.0524. The summed E-state index contributed by atoms with van der Waals surface area (Å²) >= 11 is 0. The largest absolute Gasteiger partial charge is 0.494 e. The summed E-state index contributed by atoms with van der Waals surface area (Å²) in [5, 5.41) is 0. The molecule has 2 aromatic rings. The number of carbonyl (C=O) groups excluding carboxylic acids is 1. The van der Waals surface area contributed by atoms with E-state index in [1.165, 1.54) is 12.8 Å². The zero-order chi connectivity index (χ0) is 17.2. The van der Waals surface area contributed by atoms with E-state index >= 15 is 0 Å². The molecule has 1 fully saturated rings. The number of hydrogen-bond donors (Lipinski definition) is 0. The van der Waals surface area contributed by atoms with Gasteiger partial charge in [0.1, 0.15) is 18.1 Å². The molecule has 4 heteroatoms. The van der Waals surface area contributed by atoms with E-state index in [-0.39, 0.29) is 5.78 Å². The smallest absolute Gasteiger partial charge is 0.194 e. The molecule has 0 radical (unpaired) electrons. The van der Waals surface area contributed by atoms with Crippen LogP contribution in [-0.4, -0.2) is 43.5 Å². The Balaban J connectivity index is 1.59. The maximum absolute atomic E-state index is 12.8. The first kappa shape index (κ1) is 16.2. The van der Waals surface area contributed by atoms with Crippen molar-refractivity contribution in [3.8, 4) is 22.6 Å². The third kappa shape index (κ3) is 3.02. The Labute approximate surface area is 148 Å². The summed E-state index contributed by atoms with van der Waals surface area (Å²) in [6, 6.07) is 11.5. The number of likely N-dealkylation sites (tertiary alicyclic amines) is 1. The van der Waals surface area contributed by atoms with Gasteiger partial charge in [-0.25, -0.2) is 0 Å². The molecule has 2 aromatic carbocycles. The molecule has 0 N–H and O–H groups in total. The summed E-state index contributed by atoms with van der Waals surface area (Å²) in [5.74, 6) is 1.59. The van der Waals surface area contributed by atoms with E-state index in [0.717, 1.165) is 47.8 Å². The van der Waals surface area contributed by atoms with Gasteiger partial charge < -0.3 is 9.47 Å². The second kappa shape index (κ2) is 6.89. The van der Waals surface area contributed by atoms with Gasteiger partial charge in [0.2, 0.25) is 0 Å². The average molecular weight is 337 g/mol. The minimum Gasteiger partial charge on any atom is -0.494 e. The summed E-state index contributed by atoms with van der Waals surface area (Å²) in [4.78, 5) is 15.2. The monoisotopic (exact) mass is 337 g/mol. The number of nitrogens with zero attached hydrogens (tertiary/aromatic N) is 1. The molecule has 0 unspecified atom stereocenters. The van der Waals surface area contributed by atoms with Crippen molar-refractivity contribution in [3.05, 3.63) is 47.5 Å². The van der Waals surface area contributed by atoms with Crippen LogP contribution in [0.15, 0.2) is 36.4 Å². The highest BCUT2D eigenvalue weighted by atomic mass is 16.5. The highest BCUT2D eigenvalue weighted by Crippen LogP contribution is 2.43. The minimum atomic E-state index is 0.0524. The lowest BCUT2D eigenvalue weighted by molar-refractivity contribution is 0.104. The fourth-order valence-electron chi connectivity index (χ4n) is 3.74. The van der Waals surface area contributed by atoms with E-state index in [1.807, 2.05) is 43.3 Å². The van der Waals surface area contributed by atoms with Gasteiger partial charge in [0.25, 0.3) is 0 Å². The van der Waals surface area contributed by atoms with Gasteiger partial charge >= 0.3 is 0 Å². The Hall–Kier alpha value is -2.33. The van der Waals surface area contributed by atoms with Crippen LogP contribution in [0.5, 0.6) is 11.5 Å². The molecule has 2 aliphatic rings. The lowest BCUT2D eigenvalue weighted by atomic mass is 10.0. The Bertz CT molecular complexity index is 794. The van der Waals surface area contributed by atoms with Crippen LogP contribution in [0.1, 0.15) is 35.7 Å². The van der Waals surface area contributed by atoms with Gasteiger partial charge in [-0.05, 0) is 62.7 Å². The molecule has 1 aliphatic heterocycles. The molecule has 0 bridgehead atoms. The molecule has 4 rings (SSSR count). The quantitative estimate of drug-likeness (QED) is 0.686. The van der Waals surface area contributed by atoms with Crippen LogP contribution in [0, 0.1) is 0 Å². The maximum Gasteiger partial charge on any atom is 0.194 e. The van der Waals surface area contributed by atoms with Crippen LogP contribution >= 0.6 is 0 Å². The first-order valence-corrected chi connectivity index (χ1v) is 9.08. The zero-order valence-electron chi connectivity index (χ0n) is 14.6. The van der Waals surface area contributed by atoms with Gasteiger partial charge in [0.15, 0.2) is 5.78 Å². The SMILES string of the molecule is CCOc1ccc2c(c1)C(=O)c1cccc(OCCN3CCCC3)c1-2. The third-order valence-electron chi connectivity index (χ3n) is 4.95. The third-order valence-corrected chi connectivity index (χ3v) is 4.95. The molecule has 25 heavy (non-hydrogen) atoms. The summed E-state index contributed by atoms with van der Waals surface area (Å²) in [6.45, 7) is 6.45. The lowest BCUT2D eigenvalue weighted by Gasteiger charge is -2.16. The maximum atomic E-state index is 12.8. The van der Waals surface area contributed by atoms with E-state index < -0.39 is 0 Å². The number of rotatable bonds is 6. The summed E-state index contributed by atoms with van der Waals surface area (Å²) in [7, 11) is 0. The van der Waals surface area contributed by atoms with Gasteiger partial charge in [0, 0.05) is 23.2 Å². The molecule has 4 nitrogen and oxygen atoms in total. The first-order chi connectivity index (χ1) is 12.3. The van der Waals surface area contributed by atoms with Crippen molar-refractivity contribution in [1.29, 1.82) is 0 Å². The molecule has 130 valence electrons. The highest BCUT2D eigenvalue weighted by Gasteiger charge is 2.30. The van der Waals surface area contributed by atoms with Gasteiger partial charge in [-0.2, -0.15) is 0 Å². The van der Waals surface area contributed by atoms with Crippen molar-refractivity contribution < 1.29 is 14.3 Å². The number of fused-ring (bicyclic) bond motifs is 3. The topological polar surface area (TPSA) is 38.8 Å². The first-order valence-electron chi connectivity index (χ1n) is 9.08. The number of ether oxygens (including phenoxy) is 2. The van der Waals surface area contributed by atoms with E-state index in [4.69, 9.17) is 9.47 Å². The van der Waals surface area contributed by atoms with E-state index in [1.54, 1.807) is 0 Å². The molecule has 0 saturated carbocycles. The van der Waals surface area contributed by atoms with Gasteiger partial charge in [-0.15, -0.1) is 0 Å². The summed E-state index contributed by atoms with van der Waals surface area (Å²) < 4.78 is 11.6. The second-order valence-electron chi connectivity index (χ2n) is 6.55. The molecule has 0 amide bonds. The fourth-order valence-corrected chi connectivity index (χ4v) is 3.74. The van der Waals surface area contributed by atoms with Crippen molar-refractivity contribution in [2.45, 2.75) is 19.8 Å². The van der Waals surface area contributed by atoms with Crippen molar-refractivity contribution >= 4 is 5.78 Å². The number of hydrogen-bond acceptors (Lipinski definition) is 4.